The van der Waals surface area contributed by atoms with E-state index in [1.807, 2.05) is 79.2 Å². The molecule has 2 heterocycles. The van der Waals surface area contributed by atoms with Crippen molar-refractivity contribution in [2.45, 2.75) is 91.9 Å². The Morgan fingerprint density at radius 3 is 2.24 bits per heavy atom. The Morgan fingerprint density at radius 1 is 1.10 bits per heavy atom. The number of nitrogens with two attached hydrogens (primary N) is 1. The molecule has 1 aromatic heterocycles. The van der Waals surface area contributed by atoms with Crippen LogP contribution in [0.1, 0.15) is 75.2 Å². The maximum Gasteiger partial charge on any atom is 0.410 e. The van der Waals surface area contributed by atoms with E-state index in [0.29, 0.717) is 62.9 Å². The highest BCUT2D eigenvalue weighted by atomic mass is 79.9. The third-order valence-corrected chi connectivity index (χ3v) is 7.96. The standard InChI is InChI=1S/C28H43BrClFN6O3.C2H6/c1-26(2,3)40-25(38)37-14-12-36(13-15-37)23-18-17-19(30)20(29)21(31)22(18)33-24(34-23)35(8)11-9-28(6,7)39-16-10-27(4,5)32;1-2/h17H,9-16,32H2,1-8H3;1-2H3. The van der Waals surface area contributed by atoms with Crippen LogP contribution in [0, 0.1) is 5.82 Å². The summed E-state index contributed by atoms with van der Waals surface area (Å²) in [6.45, 7) is 20.6. The number of aromatic nitrogens is 2. The van der Waals surface area contributed by atoms with Gasteiger partial charge in [0.15, 0.2) is 5.82 Å². The van der Waals surface area contributed by atoms with Crippen LogP contribution >= 0.6 is 27.5 Å². The van der Waals surface area contributed by atoms with E-state index in [1.165, 1.54) is 0 Å². The number of anilines is 2. The molecule has 1 amide bonds. The van der Waals surface area contributed by atoms with Crippen molar-refractivity contribution in [1.82, 2.24) is 14.9 Å². The quantitative estimate of drug-likeness (QED) is 0.284. The molecule has 0 bridgehead atoms. The highest BCUT2D eigenvalue weighted by Gasteiger charge is 2.29. The molecule has 1 saturated heterocycles. The largest absolute Gasteiger partial charge is 0.444 e. The maximum absolute atomic E-state index is 15.4. The number of carbonyl (C=O) groups excluding carboxylic acids is 1. The van der Waals surface area contributed by atoms with Gasteiger partial charge >= 0.3 is 6.09 Å². The van der Waals surface area contributed by atoms with Gasteiger partial charge in [-0.25, -0.2) is 14.2 Å². The van der Waals surface area contributed by atoms with E-state index in [0.717, 1.165) is 6.42 Å². The van der Waals surface area contributed by atoms with Gasteiger partial charge in [-0.3, -0.25) is 0 Å². The molecule has 0 radical (unpaired) electrons. The van der Waals surface area contributed by atoms with Crippen LogP contribution in [0.3, 0.4) is 0 Å². The predicted molar refractivity (Wildman–Crippen MR) is 174 cm³/mol. The minimum Gasteiger partial charge on any atom is -0.444 e. The SMILES string of the molecule is CC.CN(CCC(C)(C)OCCC(C)(C)N)c1nc(N2CCN(C(=O)OC(C)(C)C)CC2)c2cc(Cl)c(Br)c(F)c2n1. The van der Waals surface area contributed by atoms with Crippen molar-refractivity contribution in [1.29, 1.82) is 0 Å². The van der Waals surface area contributed by atoms with Gasteiger partial charge in [-0.05, 0) is 83.3 Å². The molecule has 12 heteroatoms. The minimum absolute atomic E-state index is 0.159. The summed E-state index contributed by atoms with van der Waals surface area (Å²) in [5.74, 6) is 0.426. The zero-order valence-corrected chi connectivity index (χ0v) is 29.2. The summed E-state index contributed by atoms with van der Waals surface area (Å²) < 4.78 is 27.2. The zero-order valence-electron chi connectivity index (χ0n) is 26.9. The molecule has 0 aliphatic carbocycles. The number of hydrogen-bond donors (Lipinski definition) is 1. The summed E-state index contributed by atoms with van der Waals surface area (Å²) in [4.78, 5) is 27.6. The van der Waals surface area contributed by atoms with E-state index >= 15 is 4.39 Å². The molecule has 42 heavy (non-hydrogen) atoms. The Bertz CT molecular complexity index is 1210. The molecule has 0 unspecified atom stereocenters. The van der Waals surface area contributed by atoms with Gasteiger partial charge in [-0.2, -0.15) is 4.98 Å². The van der Waals surface area contributed by atoms with E-state index in [4.69, 9.17) is 31.8 Å². The topological polar surface area (TPSA) is 97.1 Å². The third-order valence-electron chi connectivity index (χ3n) is 6.66. The van der Waals surface area contributed by atoms with Crippen LogP contribution in [0.4, 0.5) is 21.0 Å². The van der Waals surface area contributed by atoms with Crippen molar-refractivity contribution in [2.24, 2.45) is 5.73 Å². The highest BCUT2D eigenvalue weighted by molar-refractivity contribution is 9.10. The predicted octanol–water partition coefficient (Wildman–Crippen LogP) is 7.02. The van der Waals surface area contributed by atoms with Gasteiger partial charge in [0.2, 0.25) is 5.95 Å². The summed E-state index contributed by atoms with van der Waals surface area (Å²) in [7, 11) is 1.88. The molecule has 238 valence electrons. The fraction of sp³-hybridized carbons (Fsp3) is 0.700. The van der Waals surface area contributed by atoms with Crippen molar-refractivity contribution in [2.75, 3.05) is 56.2 Å². The first kappa shape index (κ1) is 36.2. The number of piperazine rings is 1. The van der Waals surface area contributed by atoms with E-state index in [2.05, 4.69) is 20.9 Å². The molecule has 3 rings (SSSR count). The lowest BCUT2D eigenvalue weighted by Gasteiger charge is -2.37. The van der Waals surface area contributed by atoms with Crippen molar-refractivity contribution in [3.8, 4) is 0 Å². The summed E-state index contributed by atoms with van der Waals surface area (Å²) in [5.41, 5.74) is 5.01. The molecule has 0 spiro atoms. The Morgan fingerprint density at radius 2 is 1.69 bits per heavy atom. The molecule has 1 aromatic carbocycles. The first-order valence-corrected chi connectivity index (χ1v) is 15.8. The molecule has 0 atom stereocenters. The number of halogens is 3. The van der Waals surface area contributed by atoms with Crippen molar-refractivity contribution < 1.29 is 18.7 Å². The smallest absolute Gasteiger partial charge is 0.410 e. The Kier molecular flexibility index (Phi) is 12.7. The summed E-state index contributed by atoms with van der Waals surface area (Å²) in [5, 5.41) is 0.754. The molecule has 2 N–H and O–H groups in total. The zero-order chi connectivity index (χ0) is 32.0. The second kappa shape index (κ2) is 14.7. The van der Waals surface area contributed by atoms with Crippen molar-refractivity contribution >= 4 is 56.3 Å². The molecule has 2 aromatic rings. The monoisotopic (exact) mass is 674 g/mol. The second-order valence-electron chi connectivity index (χ2n) is 12.7. The fourth-order valence-corrected chi connectivity index (χ4v) is 4.68. The van der Waals surface area contributed by atoms with Gasteiger partial charge in [-0.15, -0.1) is 0 Å². The lowest BCUT2D eigenvalue weighted by Crippen LogP contribution is -2.50. The van der Waals surface area contributed by atoms with Gasteiger partial charge < -0.3 is 29.9 Å². The average Bonchev–Trinajstić information content (AvgIpc) is 2.89. The summed E-state index contributed by atoms with van der Waals surface area (Å²) in [6, 6.07) is 1.68. The average molecular weight is 676 g/mol. The van der Waals surface area contributed by atoms with Crippen LogP contribution < -0.4 is 15.5 Å². The van der Waals surface area contributed by atoms with Crippen LogP contribution in [0.25, 0.3) is 10.9 Å². The van der Waals surface area contributed by atoms with E-state index in [9.17, 15) is 4.79 Å². The molecule has 1 fully saturated rings. The Balaban J connectivity index is 0.00000301. The fourth-order valence-electron chi connectivity index (χ4n) is 4.18. The molecule has 1 aliphatic heterocycles. The van der Waals surface area contributed by atoms with Gasteiger partial charge in [0, 0.05) is 57.3 Å². The number of nitrogens with zero attached hydrogens (tertiary/aromatic N) is 5. The Hall–Kier alpha value is -1.95. The first-order chi connectivity index (χ1) is 19.4. The van der Waals surface area contributed by atoms with E-state index in [-0.39, 0.29) is 32.2 Å². The van der Waals surface area contributed by atoms with Crippen LogP contribution in [0.5, 0.6) is 0 Å². The Labute approximate surface area is 264 Å². The summed E-state index contributed by atoms with van der Waals surface area (Å²) >= 11 is 9.59. The molecule has 0 saturated carbocycles. The molecular weight excluding hydrogens is 627 g/mol. The minimum atomic E-state index is -0.571. The van der Waals surface area contributed by atoms with Crippen molar-refractivity contribution in [3.63, 3.8) is 0 Å². The van der Waals surface area contributed by atoms with E-state index in [1.54, 1.807) is 11.0 Å². The number of fused-ring (bicyclic) bond motifs is 1. The molecule has 1 aliphatic rings. The lowest BCUT2D eigenvalue weighted by molar-refractivity contribution is -0.0275. The van der Waals surface area contributed by atoms with Gasteiger partial charge in [-0.1, -0.05) is 25.4 Å². The maximum atomic E-state index is 15.4. The normalized spacial score (nSPS) is 14.5. The number of carbonyl (C=O) groups is 1. The number of amides is 1. The van der Waals surface area contributed by atoms with Gasteiger partial charge in [0.05, 0.1) is 15.1 Å². The van der Waals surface area contributed by atoms with Crippen LogP contribution in [-0.2, 0) is 9.47 Å². The van der Waals surface area contributed by atoms with Crippen LogP contribution in [0.15, 0.2) is 10.5 Å². The number of hydrogen-bond acceptors (Lipinski definition) is 8. The molecule has 9 nitrogen and oxygen atoms in total. The van der Waals surface area contributed by atoms with E-state index < -0.39 is 11.4 Å². The number of ether oxygens (including phenoxy) is 2. The van der Waals surface area contributed by atoms with Crippen molar-refractivity contribution in [3.05, 3.63) is 21.4 Å². The first-order valence-electron chi connectivity index (χ1n) is 14.6. The number of benzene rings is 1. The number of rotatable bonds is 9. The highest BCUT2D eigenvalue weighted by Crippen LogP contribution is 2.36. The molecular formula is C30H49BrClFN6O3. The third kappa shape index (κ3) is 10.3. The van der Waals surface area contributed by atoms with Crippen LogP contribution in [0.2, 0.25) is 5.02 Å². The van der Waals surface area contributed by atoms with Crippen LogP contribution in [-0.4, -0.2) is 84.1 Å². The van der Waals surface area contributed by atoms with Gasteiger partial charge in [0.1, 0.15) is 16.9 Å². The van der Waals surface area contributed by atoms with Gasteiger partial charge in [0.25, 0.3) is 0 Å². The second-order valence-corrected chi connectivity index (χ2v) is 13.9. The summed E-state index contributed by atoms with van der Waals surface area (Å²) in [6.07, 6.45) is 1.10. The lowest BCUT2D eigenvalue weighted by atomic mass is 10.0.